The molecule has 0 radical (unpaired) electrons. The summed E-state index contributed by atoms with van der Waals surface area (Å²) in [5.41, 5.74) is 0.770. The Kier molecular flexibility index (Phi) is 5.63. The lowest BCUT2D eigenvalue weighted by Crippen LogP contribution is -2.21. The zero-order chi connectivity index (χ0) is 13.7. The van der Waals surface area contributed by atoms with Crippen LogP contribution in [-0.2, 0) is 9.53 Å². The highest BCUT2D eigenvalue weighted by atomic mass is 35.5. The molecule has 0 heterocycles. The summed E-state index contributed by atoms with van der Waals surface area (Å²) in [6.45, 7) is 5.34. The monoisotopic (exact) mass is 270 g/mol. The van der Waals surface area contributed by atoms with Crippen LogP contribution in [-0.4, -0.2) is 17.2 Å². The third-order valence-electron chi connectivity index (χ3n) is 2.60. The number of carbonyl (C=O) groups is 1. The van der Waals surface area contributed by atoms with E-state index >= 15 is 0 Å². The van der Waals surface area contributed by atoms with Gasteiger partial charge >= 0.3 is 5.97 Å². The number of esters is 1. The highest BCUT2D eigenvalue weighted by Crippen LogP contribution is 2.21. The third kappa shape index (κ3) is 4.67. The summed E-state index contributed by atoms with van der Waals surface area (Å²) >= 11 is 5.77. The van der Waals surface area contributed by atoms with Gasteiger partial charge in [0.05, 0.1) is 12.0 Å². The van der Waals surface area contributed by atoms with Crippen molar-refractivity contribution in [1.29, 1.82) is 0 Å². The molecular formula is C14H19ClO3. The number of hydrogen-bond donors (Lipinski definition) is 1. The van der Waals surface area contributed by atoms with Gasteiger partial charge in [0.25, 0.3) is 0 Å². The van der Waals surface area contributed by atoms with Crippen LogP contribution < -0.4 is 0 Å². The van der Waals surface area contributed by atoms with Gasteiger partial charge < -0.3 is 9.84 Å². The Labute approximate surface area is 113 Å². The SMILES string of the molecule is CC(CC(O)c1ccc(Cl)cc1)OC(=O)C(C)C. The van der Waals surface area contributed by atoms with Gasteiger partial charge in [0.15, 0.2) is 0 Å². The minimum atomic E-state index is -0.655. The van der Waals surface area contributed by atoms with E-state index in [0.717, 1.165) is 5.56 Å². The van der Waals surface area contributed by atoms with Crippen LogP contribution in [0, 0.1) is 5.92 Å². The first kappa shape index (κ1) is 15.0. The maximum Gasteiger partial charge on any atom is 0.308 e. The molecule has 1 rings (SSSR count). The second-order valence-electron chi connectivity index (χ2n) is 4.71. The van der Waals surface area contributed by atoms with E-state index in [2.05, 4.69) is 0 Å². The predicted molar refractivity (Wildman–Crippen MR) is 71.4 cm³/mol. The predicted octanol–water partition coefficient (Wildman–Crippen LogP) is 3.35. The molecule has 100 valence electrons. The molecule has 1 aromatic rings. The summed E-state index contributed by atoms with van der Waals surface area (Å²) in [5.74, 6) is -0.397. The lowest BCUT2D eigenvalue weighted by atomic mass is 10.0. The van der Waals surface area contributed by atoms with E-state index in [-0.39, 0.29) is 18.0 Å². The van der Waals surface area contributed by atoms with E-state index < -0.39 is 6.10 Å². The molecule has 0 bridgehead atoms. The molecule has 2 atom stereocenters. The van der Waals surface area contributed by atoms with Crippen molar-refractivity contribution in [1.82, 2.24) is 0 Å². The maximum atomic E-state index is 11.4. The fraction of sp³-hybridized carbons (Fsp3) is 0.500. The van der Waals surface area contributed by atoms with E-state index in [4.69, 9.17) is 16.3 Å². The molecule has 0 aromatic heterocycles. The second-order valence-corrected chi connectivity index (χ2v) is 5.14. The molecule has 0 aliphatic carbocycles. The van der Waals surface area contributed by atoms with Crippen LogP contribution in [0.5, 0.6) is 0 Å². The van der Waals surface area contributed by atoms with E-state index in [0.29, 0.717) is 11.4 Å². The van der Waals surface area contributed by atoms with Crippen molar-refractivity contribution in [3.8, 4) is 0 Å². The lowest BCUT2D eigenvalue weighted by molar-refractivity contribution is -0.153. The van der Waals surface area contributed by atoms with Crippen LogP contribution in [0.4, 0.5) is 0 Å². The van der Waals surface area contributed by atoms with Gasteiger partial charge in [0.2, 0.25) is 0 Å². The fourth-order valence-corrected chi connectivity index (χ4v) is 1.64. The van der Waals surface area contributed by atoms with Crippen molar-refractivity contribution in [3.05, 3.63) is 34.9 Å². The smallest absolute Gasteiger partial charge is 0.308 e. The highest BCUT2D eigenvalue weighted by molar-refractivity contribution is 6.30. The van der Waals surface area contributed by atoms with Crippen LogP contribution >= 0.6 is 11.6 Å². The summed E-state index contributed by atoms with van der Waals surface area (Å²) in [6.07, 6.45) is -0.595. The van der Waals surface area contributed by atoms with Crippen molar-refractivity contribution in [2.75, 3.05) is 0 Å². The quantitative estimate of drug-likeness (QED) is 0.835. The Morgan fingerprint density at radius 2 is 1.83 bits per heavy atom. The molecule has 0 saturated carbocycles. The molecule has 0 aliphatic rings. The van der Waals surface area contributed by atoms with Crippen molar-refractivity contribution >= 4 is 17.6 Å². The molecule has 18 heavy (non-hydrogen) atoms. The standard InChI is InChI=1S/C14H19ClO3/c1-9(2)14(17)18-10(3)8-13(16)11-4-6-12(15)7-5-11/h4-7,9-10,13,16H,8H2,1-3H3. The normalized spacial score (nSPS) is 14.3. The maximum absolute atomic E-state index is 11.4. The number of rotatable bonds is 5. The molecule has 0 aliphatic heterocycles. The molecule has 2 unspecified atom stereocenters. The minimum absolute atomic E-state index is 0.153. The molecule has 1 N–H and O–H groups in total. The van der Waals surface area contributed by atoms with Gasteiger partial charge in [-0.25, -0.2) is 0 Å². The molecule has 0 amide bonds. The number of hydrogen-bond acceptors (Lipinski definition) is 3. The van der Waals surface area contributed by atoms with Crippen LogP contribution in [0.2, 0.25) is 5.02 Å². The number of ether oxygens (including phenoxy) is 1. The topological polar surface area (TPSA) is 46.5 Å². The number of halogens is 1. The first-order chi connectivity index (χ1) is 8.40. The van der Waals surface area contributed by atoms with E-state index in [1.54, 1.807) is 45.0 Å². The van der Waals surface area contributed by atoms with Crippen LogP contribution in [0.15, 0.2) is 24.3 Å². The first-order valence-corrected chi connectivity index (χ1v) is 6.42. The molecule has 3 nitrogen and oxygen atoms in total. The van der Waals surface area contributed by atoms with Gasteiger partial charge in [-0.1, -0.05) is 37.6 Å². The van der Waals surface area contributed by atoms with E-state index in [9.17, 15) is 9.90 Å². The van der Waals surface area contributed by atoms with Gasteiger partial charge in [-0.3, -0.25) is 4.79 Å². The molecule has 1 aromatic carbocycles. The van der Waals surface area contributed by atoms with Gasteiger partial charge in [0, 0.05) is 11.4 Å². The fourth-order valence-electron chi connectivity index (χ4n) is 1.52. The van der Waals surface area contributed by atoms with Crippen LogP contribution in [0.1, 0.15) is 38.9 Å². The Bertz CT molecular complexity index is 387. The number of aliphatic hydroxyl groups excluding tert-OH is 1. The average Bonchev–Trinajstić information content (AvgIpc) is 2.29. The minimum Gasteiger partial charge on any atom is -0.462 e. The van der Waals surface area contributed by atoms with Crippen molar-refractivity contribution in [3.63, 3.8) is 0 Å². The van der Waals surface area contributed by atoms with Gasteiger partial charge in [-0.15, -0.1) is 0 Å². The highest BCUT2D eigenvalue weighted by Gasteiger charge is 2.17. The molecule has 0 fully saturated rings. The number of aliphatic hydroxyl groups is 1. The summed E-state index contributed by atoms with van der Waals surface area (Å²) in [5, 5.41) is 10.6. The summed E-state index contributed by atoms with van der Waals surface area (Å²) in [7, 11) is 0. The molecular weight excluding hydrogens is 252 g/mol. The Morgan fingerprint density at radius 1 is 1.28 bits per heavy atom. The van der Waals surface area contributed by atoms with Crippen molar-refractivity contribution in [2.45, 2.75) is 39.4 Å². The first-order valence-electron chi connectivity index (χ1n) is 6.04. The number of benzene rings is 1. The van der Waals surface area contributed by atoms with E-state index in [1.807, 2.05) is 0 Å². The molecule has 0 saturated heterocycles. The summed E-state index contributed by atoms with van der Waals surface area (Å²) < 4.78 is 5.20. The Balaban J connectivity index is 2.51. The lowest BCUT2D eigenvalue weighted by Gasteiger charge is -2.18. The van der Waals surface area contributed by atoms with Gasteiger partial charge in [-0.2, -0.15) is 0 Å². The Morgan fingerprint density at radius 3 is 2.33 bits per heavy atom. The van der Waals surface area contributed by atoms with Crippen LogP contribution in [0.3, 0.4) is 0 Å². The molecule has 0 spiro atoms. The van der Waals surface area contributed by atoms with Gasteiger partial charge in [-0.05, 0) is 24.6 Å². The largest absolute Gasteiger partial charge is 0.462 e. The van der Waals surface area contributed by atoms with Crippen molar-refractivity contribution in [2.24, 2.45) is 5.92 Å². The van der Waals surface area contributed by atoms with Crippen LogP contribution in [0.25, 0.3) is 0 Å². The van der Waals surface area contributed by atoms with Gasteiger partial charge in [0.1, 0.15) is 6.10 Å². The second kappa shape index (κ2) is 6.76. The summed E-state index contributed by atoms with van der Waals surface area (Å²) in [4.78, 5) is 11.4. The zero-order valence-corrected chi connectivity index (χ0v) is 11.6. The van der Waals surface area contributed by atoms with Crippen molar-refractivity contribution < 1.29 is 14.6 Å². The molecule has 4 heteroatoms. The van der Waals surface area contributed by atoms with E-state index in [1.165, 1.54) is 0 Å². The summed E-state index contributed by atoms with van der Waals surface area (Å²) in [6, 6.07) is 6.99. The third-order valence-corrected chi connectivity index (χ3v) is 2.85. The number of carbonyl (C=O) groups excluding carboxylic acids is 1. The zero-order valence-electron chi connectivity index (χ0n) is 10.9. The average molecular weight is 271 g/mol. The Hall–Kier alpha value is -1.06.